The first-order valence-electron chi connectivity index (χ1n) is 9.52. The monoisotopic (exact) mass is 398 g/mol. The van der Waals surface area contributed by atoms with Gasteiger partial charge < -0.3 is 9.64 Å². The second kappa shape index (κ2) is 9.21. The van der Waals surface area contributed by atoms with Gasteiger partial charge in [-0.25, -0.2) is 4.39 Å². The minimum Gasteiger partial charge on any atom is -0.378 e. The summed E-state index contributed by atoms with van der Waals surface area (Å²) < 4.78 is 21.3. The van der Waals surface area contributed by atoms with Gasteiger partial charge in [0.15, 0.2) is 5.16 Å². The Hall–Kier alpha value is -2.38. The quantitative estimate of drug-likeness (QED) is 0.445. The number of aromatic nitrogens is 3. The number of nitrogens with zero attached hydrogens (tertiary/aromatic N) is 4. The van der Waals surface area contributed by atoms with Crippen LogP contribution in [0.4, 0.5) is 10.3 Å². The van der Waals surface area contributed by atoms with E-state index >= 15 is 0 Å². The molecule has 0 atom stereocenters. The zero-order valence-electron chi connectivity index (χ0n) is 15.6. The summed E-state index contributed by atoms with van der Waals surface area (Å²) in [6, 6.07) is 17.1. The van der Waals surface area contributed by atoms with Crippen LogP contribution >= 0.6 is 11.8 Å². The van der Waals surface area contributed by atoms with E-state index in [1.165, 1.54) is 17.7 Å². The molecule has 1 saturated heterocycles. The lowest BCUT2D eigenvalue weighted by atomic mass is 10.1. The number of hydrogen-bond acceptors (Lipinski definition) is 5. The number of aryl methyl sites for hydroxylation is 1. The molecule has 0 radical (unpaired) electrons. The molecule has 1 fully saturated rings. The van der Waals surface area contributed by atoms with Crippen molar-refractivity contribution in [3.63, 3.8) is 0 Å². The normalized spacial score (nSPS) is 14.4. The first-order chi connectivity index (χ1) is 13.8. The Bertz CT molecular complexity index is 896. The third-order valence-corrected chi connectivity index (χ3v) is 5.68. The van der Waals surface area contributed by atoms with Crippen LogP contribution in [0.25, 0.3) is 5.69 Å². The first-order valence-corrected chi connectivity index (χ1v) is 10.5. The molecule has 0 bridgehead atoms. The minimum atomic E-state index is -0.265. The number of halogens is 1. The number of morpholine rings is 1. The second-order valence-electron chi connectivity index (χ2n) is 6.63. The fourth-order valence-electron chi connectivity index (χ4n) is 3.25. The highest BCUT2D eigenvalue weighted by Gasteiger charge is 2.21. The van der Waals surface area contributed by atoms with Crippen molar-refractivity contribution in [2.24, 2.45) is 0 Å². The van der Waals surface area contributed by atoms with Crippen LogP contribution in [0, 0.1) is 5.82 Å². The molecule has 5 nitrogen and oxygen atoms in total. The van der Waals surface area contributed by atoms with Gasteiger partial charge in [0.05, 0.1) is 18.9 Å². The molecule has 146 valence electrons. The summed E-state index contributed by atoms with van der Waals surface area (Å²) in [4.78, 5) is 2.15. The Morgan fingerprint density at radius 1 is 1.00 bits per heavy atom. The van der Waals surface area contributed by atoms with Gasteiger partial charge in [-0.2, -0.15) is 0 Å². The van der Waals surface area contributed by atoms with Crippen molar-refractivity contribution in [3.8, 4) is 5.69 Å². The number of rotatable bonds is 7. The molecule has 1 aromatic heterocycles. The molecule has 2 heterocycles. The van der Waals surface area contributed by atoms with Gasteiger partial charge in [-0.15, -0.1) is 10.2 Å². The lowest BCUT2D eigenvalue weighted by Crippen LogP contribution is -2.37. The number of hydrogen-bond donors (Lipinski definition) is 0. The van der Waals surface area contributed by atoms with Gasteiger partial charge in [0.25, 0.3) is 0 Å². The molecule has 28 heavy (non-hydrogen) atoms. The number of anilines is 1. The Morgan fingerprint density at radius 3 is 2.61 bits per heavy atom. The molecule has 0 amide bonds. The van der Waals surface area contributed by atoms with Crippen molar-refractivity contribution >= 4 is 17.7 Å². The van der Waals surface area contributed by atoms with E-state index in [1.807, 2.05) is 16.7 Å². The SMILES string of the molecule is Fc1cccc(-n2c(SCCCc3ccccc3)nnc2N2CCOCC2)c1. The Morgan fingerprint density at radius 2 is 1.82 bits per heavy atom. The van der Waals surface area contributed by atoms with E-state index in [1.54, 1.807) is 17.8 Å². The average molecular weight is 399 g/mol. The van der Waals surface area contributed by atoms with E-state index < -0.39 is 0 Å². The fourth-order valence-corrected chi connectivity index (χ4v) is 4.14. The van der Waals surface area contributed by atoms with Gasteiger partial charge in [0.2, 0.25) is 5.95 Å². The highest BCUT2D eigenvalue weighted by Crippen LogP contribution is 2.28. The summed E-state index contributed by atoms with van der Waals surface area (Å²) >= 11 is 1.66. The van der Waals surface area contributed by atoms with E-state index in [4.69, 9.17) is 4.74 Å². The van der Waals surface area contributed by atoms with Gasteiger partial charge in [-0.1, -0.05) is 48.2 Å². The standard InChI is InChI=1S/C21H23FN4OS/c22-18-9-4-10-19(16-18)26-20(25-11-13-27-14-12-25)23-24-21(26)28-15-5-8-17-6-2-1-3-7-17/h1-4,6-7,9-10,16H,5,8,11-15H2. The number of ether oxygens (including phenoxy) is 1. The van der Waals surface area contributed by atoms with E-state index in [-0.39, 0.29) is 5.82 Å². The number of thioether (sulfide) groups is 1. The lowest BCUT2D eigenvalue weighted by molar-refractivity contribution is 0.122. The van der Waals surface area contributed by atoms with Crippen LogP contribution < -0.4 is 4.90 Å². The van der Waals surface area contributed by atoms with Gasteiger partial charge >= 0.3 is 0 Å². The average Bonchev–Trinajstić information content (AvgIpc) is 3.16. The second-order valence-corrected chi connectivity index (χ2v) is 7.70. The highest BCUT2D eigenvalue weighted by molar-refractivity contribution is 7.99. The largest absolute Gasteiger partial charge is 0.378 e. The zero-order chi connectivity index (χ0) is 19.2. The maximum absolute atomic E-state index is 13.9. The molecule has 1 aliphatic heterocycles. The van der Waals surface area contributed by atoms with Crippen LogP contribution in [-0.4, -0.2) is 46.8 Å². The maximum Gasteiger partial charge on any atom is 0.232 e. The summed E-state index contributed by atoms with van der Waals surface area (Å²) in [5, 5.41) is 9.63. The van der Waals surface area contributed by atoms with Crippen molar-refractivity contribution in [2.75, 3.05) is 37.0 Å². The molecule has 0 spiro atoms. The van der Waals surface area contributed by atoms with E-state index in [0.29, 0.717) is 13.2 Å². The van der Waals surface area contributed by atoms with Gasteiger partial charge in [-0.05, 0) is 36.6 Å². The summed E-state index contributed by atoms with van der Waals surface area (Å²) in [5.41, 5.74) is 2.08. The van der Waals surface area contributed by atoms with Gasteiger partial charge in [-0.3, -0.25) is 4.57 Å². The summed E-state index contributed by atoms with van der Waals surface area (Å²) in [6.07, 6.45) is 2.07. The van der Waals surface area contributed by atoms with Crippen molar-refractivity contribution < 1.29 is 9.13 Å². The zero-order valence-corrected chi connectivity index (χ0v) is 16.4. The fraction of sp³-hybridized carbons (Fsp3) is 0.333. The predicted molar refractivity (Wildman–Crippen MR) is 110 cm³/mol. The van der Waals surface area contributed by atoms with E-state index in [0.717, 1.165) is 48.5 Å². The third kappa shape index (κ3) is 4.54. The van der Waals surface area contributed by atoms with E-state index in [2.05, 4.69) is 39.4 Å². The molecule has 2 aromatic carbocycles. The van der Waals surface area contributed by atoms with Crippen LogP contribution in [0.2, 0.25) is 0 Å². The Balaban J connectivity index is 1.52. The molecule has 0 unspecified atom stereocenters. The molecular weight excluding hydrogens is 375 g/mol. The summed E-state index contributed by atoms with van der Waals surface area (Å²) in [7, 11) is 0. The summed E-state index contributed by atoms with van der Waals surface area (Å²) in [5.74, 6) is 1.41. The molecule has 3 aromatic rings. The van der Waals surface area contributed by atoms with Crippen LogP contribution in [0.5, 0.6) is 0 Å². The van der Waals surface area contributed by atoms with Crippen LogP contribution in [0.1, 0.15) is 12.0 Å². The third-order valence-electron chi connectivity index (χ3n) is 4.66. The molecule has 0 N–H and O–H groups in total. The van der Waals surface area contributed by atoms with Crippen LogP contribution in [0.3, 0.4) is 0 Å². The van der Waals surface area contributed by atoms with Gasteiger partial charge in [0.1, 0.15) is 5.82 Å². The predicted octanol–water partition coefficient (Wildman–Crippen LogP) is 3.97. The smallest absolute Gasteiger partial charge is 0.232 e. The Labute approximate surface area is 168 Å². The minimum absolute atomic E-state index is 0.265. The van der Waals surface area contributed by atoms with Crippen molar-refractivity contribution in [3.05, 3.63) is 66.0 Å². The van der Waals surface area contributed by atoms with Crippen molar-refractivity contribution in [2.45, 2.75) is 18.0 Å². The molecular formula is C21H23FN4OS. The lowest BCUT2D eigenvalue weighted by Gasteiger charge is -2.27. The summed E-state index contributed by atoms with van der Waals surface area (Å²) in [6.45, 7) is 2.84. The number of benzene rings is 2. The highest BCUT2D eigenvalue weighted by atomic mass is 32.2. The van der Waals surface area contributed by atoms with Crippen LogP contribution in [0.15, 0.2) is 59.8 Å². The van der Waals surface area contributed by atoms with Crippen LogP contribution in [-0.2, 0) is 11.2 Å². The Kier molecular flexibility index (Phi) is 6.24. The van der Waals surface area contributed by atoms with Crippen molar-refractivity contribution in [1.29, 1.82) is 0 Å². The maximum atomic E-state index is 13.9. The topological polar surface area (TPSA) is 43.2 Å². The molecule has 1 aliphatic rings. The van der Waals surface area contributed by atoms with Gasteiger partial charge in [0, 0.05) is 18.8 Å². The molecule has 0 aliphatic carbocycles. The molecule has 7 heteroatoms. The van der Waals surface area contributed by atoms with Crippen molar-refractivity contribution in [1.82, 2.24) is 14.8 Å². The first kappa shape index (κ1) is 19.0. The van der Waals surface area contributed by atoms with E-state index in [9.17, 15) is 4.39 Å². The molecule has 0 saturated carbocycles. The molecule has 4 rings (SSSR count).